The van der Waals surface area contributed by atoms with E-state index in [1.165, 1.54) is 0 Å². The van der Waals surface area contributed by atoms with Crippen molar-refractivity contribution in [3.8, 4) is 0 Å². The monoisotopic (exact) mass is 326 g/mol. The molecule has 0 bridgehead atoms. The molecule has 1 aromatic carbocycles. The van der Waals surface area contributed by atoms with Gasteiger partial charge in [0, 0.05) is 0 Å². The Bertz CT molecular complexity index is 378. The van der Waals surface area contributed by atoms with Crippen molar-refractivity contribution in [2.24, 2.45) is 0 Å². The van der Waals surface area contributed by atoms with Gasteiger partial charge in [-0.3, -0.25) is 0 Å². The van der Waals surface area contributed by atoms with Crippen molar-refractivity contribution in [1.82, 2.24) is 0 Å². The molecule has 8 N–H and O–H groups in total. The summed E-state index contributed by atoms with van der Waals surface area (Å²) < 4.78 is 0. The maximum absolute atomic E-state index is 10.5. The topological polar surface area (TPSA) is 209 Å². The summed E-state index contributed by atoms with van der Waals surface area (Å²) in [5.74, 6) is -4.43. The average Bonchev–Trinajstić information content (AvgIpc) is 2.16. The number of carbonyl (C=O) groups is 3. The number of carboxylic acid groups (broad SMARTS) is 3. The minimum absolute atomic E-state index is 0. The second kappa shape index (κ2) is 10.00. The Labute approximate surface area is 116 Å². The molecule has 9 nitrogen and oxygen atoms in total. The number of benzene rings is 1. The van der Waals surface area contributed by atoms with Crippen molar-refractivity contribution in [1.29, 1.82) is 0 Å². The van der Waals surface area contributed by atoms with Crippen LogP contribution < -0.4 is 5.11 Å². The summed E-state index contributed by atoms with van der Waals surface area (Å²) in [6.07, 6.45) is 0. The van der Waals surface area contributed by atoms with Crippen LogP contribution in [0.5, 0.6) is 0 Å². The molecule has 0 aromatic heterocycles. The molecule has 0 fully saturated rings. The second-order valence-corrected chi connectivity index (χ2v) is 2.70. The van der Waals surface area contributed by atoms with E-state index in [1.54, 1.807) is 0 Å². The van der Waals surface area contributed by atoms with Crippen molar-refractivity contribution in [2.75, 3.05) is 0 Å². The summed E-state index contributed by atoms with van der Waals surface area (Å²) in [5.41, 5.74) is -1.30. The molecule has 0 atom stereocenters. The molecule has 0 saturated heterocycles. The SMILES string of the molecule is O.O.O.O=C([O-])c1cc(C(=O)O)cc(C(=O)O)c1.[Cu+]. The third-order valence-corrected chi connectivity index (χ3v) is 1.66. The predicted octanol–water partition coefficient (Wildman–Crippen LogP) is -3.03. The van der Waals surface area contributed by atoms with Crippen LogP contribution in [0.4, 0.5) is 0 Å². The first-order valence-electron chi connectivity index (χ1n) is 3.75. The van der Waals surface area contributed by atoms with Gasteiger partial charge in [-0.05, 0) is 23.8 Å². The molecule has 19 heavy (non-hydrogen) atoms. The molecule has 112 valence electrons. The van der Waals surface area contributed by atoms with E-state index in [1.807, 2.05) is 0 Å². The van der Waals surface area contributed by atoms with Gasteiger partial charge in [0.05, 0.1) is 17.1 Å². The summed E-state index contributed by atoms with van der Waals surface area (Å²) in [6, 6.07) is 2.55. The average molecular weight is 327 g/mol. The molecule has 1 aromatic rings. The molecule has 0 aliphatic heterocycles. The minimum Gasteiger partial charge on any atom is -0.545 e. The van der Waals surface area contributed by atoms with E-state index in [2.05, 4.69) is 0 Å². The standard InChI is InChI=1S/C9H6O6.Cu.3H2O/c10-7(11)4-1-5(8(12)13)3-6(2-4)9(14)15;;;;/h1-3H,(H,10,11)(H,12,13)(H,14,15);;3*1H2/q;+1;;;/p-1. The molecule has 0 heterocycles. The van der Waals surface area contributed by atoms with Crippen LogP contribution in [-0.2, 0) is 17.1 Å². The normalized spacial score (nSPS) is 7.58. The quantitative estimate of drug-likeness (QED) is 0.551. The smallest absolute Gasteiger partial charge is 0.545 e. The van der Waals surface area contributed by atoms with Crippen LogP contribution in [-0.4, -0.2) is 44.5 Å². The van der Waals surface area contributed by atoms with Crippen molar-refractivity contribution in [2.45, 2.75) is 0 Å². The summed E-state index contributed by atoms with van der Waals surface area (Å²) in [6.45, 7) is 0. The van der Waals surface area contributed by atoms with E-state index in [0.717, 1.165) is 18.2 Å². The summed E-state index contributed by atoms with van der Waals surface area (Å²) >= 11 is 0. The molecule has 0 aliphatic carbocycles. The molecule has 10 heteroatoms. The number of carbonyl (C=O) groups excluding carboxylic acids is 1. The van der Waals surface area contributed by atoms with Gasteiger partial charge in [0.15, 0.2) is 0 Å². The fourth-order valence-electron chi connectivity index (χ4n) is 0.992. The summed E-state index contributed by atoms with van der Waals surface area (Å²) in [4.78, 5) is 31.5. The van der Waals surface area contributed by atoms with Crippen molar-refractivity contribution in [3.63, 3.8) is 0 Å². The summed E-state index contributed by atoms with van der Waals surface area (Å²) in [5, 5.41) is 27.6. The first-order valence-corrected chi connectivity index (χ1v) is 3.75. The van der Waals surface area contributed by atoms with Crippen LogP contribution in [0.2, 0.25) is 0 Å². The van der Waals surface area contributed by atoms with Crippen molar-refractivity contribution in [3.05, 3.63) is 34.9 Å². The minimum atomic E-state index is -1.62. The van der Waals surface area contributed by atoms with E-state index in [0.29, 0.717) is 0 Å². The van der Waals surface area contributed by atoms with E-state index in [4.69, 9.17) is 10.2 Å². The van der Waals surface area contributed by atoms with Gasteiger partial charge in [-0.2, -0.15) is 0 Å². The van der Waals surface area contributed by atoms with Gasteiger partial charge in [-0.15, -0.1) is 0 Å². The van der Waals surface area contributed by atoms with Gasteiger partial charge < -0.3 is 36.5 Å². The fraction of sp³-hybridized carbons (Fsp3) is 0. The first-order chi connectivity index (χ1) is 6.91. The Morgan fingerprint density at radius 3 is 1.26 bits per heavy atom. The molecule has 0 saturated carbocycles. The molecule has 0 amide bonds. The molecule has 0 radical (unpaired) electrons. The van der Waals surface area contributed by atoms with E-state index >= 15 is 0 Å². The number of hydrogen-bond acceptors (Lipinski definition) is 4. The number of hydrogen-bond donors (Lipinski definition) is 2. The van der Waals surface area contributed by atoms with Gasteiger partial charge in [-0.1, -0.05) is 0 Å². The Hall–Kier alpha value is -1.97. The van der Waals surface area contributed by atoms with Gasteiger partial charge in [0.25, 0.3) is 0 Å². The number of carboxylic acids is 3. The van der Waals surface area contributed by atoms with Gasteiger partial charge in [0.2, 0.25) is 0 Å². The summed E-state index contributed by atoms with van der Waals surface area (Å²) in [7, 11) is 0. The Morgan fingerprint density at radius 2 is 1.05 bits per heavy atom. The Kier molecular flexibility index (Phi) is 13.6. The van der Waals surface area contributed by atoms with E-state index in [9.17, 15) is 19.5 Å². The zero-order valence-electron chi connectivity index (χ0n) is 9.06. The Morgan fingerprint density at radius 1 is 0.789 bits per heavy atom. The van der Waals surface area contributed by atoms with Gasteiger partial charge in [-0.25, -0.2) is 9.59 Å². The van der Waals surface area contributed by atoms with Crippen LogP contribution in [0.3, 0.4) is 0 Å². The van der Waals surface area contributed by atoms with Crippen LogP contribution in [0, 0.1) is 0 Å². The second-order valence-electron chi connectivity index (χ2n) is 2.70. The largest absolute Gasteiger partial charge is 1.00 e. The van der Waals surface area contributed by atoms with Crippen LogP contribution >= 0.6 is 0 Å². The third-order valence-electron chi connectivity index (χ3n) is 1.66. The zero-order valence-corrected chi connectivity index (χ0v) is 10.0. The number of rotatable bonds is 3. The molecule has 1 rings (SSSR count). The van der Waals surface area contributed by atoms with E-state index < -0.39 is 34.6 Å². The molecular formula is C9H11CuO9. The van der Waals surface area contributed by atoms with E-state index in [-0.39, 0.29) is 33.5 Å². The van der Waals surface area contributed by atoms with Gasteiger partial charge in [0.1, 0.15) is 0 Å². The van der Waals surface area contributed by atoms with Crippen LogP contribution in [0.15, 0.2) is 18.2 Å². The molecule has 0 unspecified atom stereocenters. The maximum atomic E-state index is 10.5. The molecular weight excluding hydrogens is 316 g/mol. The number of aromatic carboxylic acids is 3. The van der Waals surface area contributed by atoms with Gasteiger partial charge >= 0.3 is 29.0 Å². The molecule has 0 aliphatic rings. The first kappa shape index (κ1) is 25.8. The fourth-order valence-corrected chi connectivity index (χ4v) is 0.992. The zero-order chi connectivity index (χ0) is 11.6. The van der Waals surface area contributed by atoms with Crippen LogP contribution in [0.1, 0.15) is 31.1 Å². The molecule has 0 spiro atoms. The maximum Gasteiger partial charge on any atom is 1.00 e. The third kappa shape index (κ3) is 6.50. The Balaban J connectivity index is -0.000000281. The van der Waals surface area contributed by atoms with Crippen LogP contribution in [0.25, 0.3) is 0 Å². The predicted molar refractivity (Wildman–Crippen MR) is 55.5 cm³/mol. The van der Waals surface area contributed by atoms with Crippen molar-refractivity contribution < 1.29 is 63.2 Å². The van der Waals surface area contributed by atoms with Crippen molar-refractivity contribution >= 4 is 17.9 Å².